The molecule has 0 bridgehead atoms. The van der Waals surface area contributed by atoms with E-state index in [4.69, 9.17) is 5.73 Å². The zero-order chi connectivity index (χ0) is 13.8. The van der Waals surface area contributed by atoms with E-state index in [0.29, 0.717) is 18.9 Å². The van der Waals surface area contributed by atoms with E-state index in [1.54, 1.807) is 0 Å². The first kappa shape index (κ1) is 15.4. The van der Waals surface area contributed by atoms with Crippen LogP contribution < -0.4 is 11.1 Å². The Kier molecular flexibility index (Phi) is 5.60. The van der Waals surface area contributed by atoms with Gasteiger partial charge in [-0.2, -0.15) is 0 Å². The monoisotopic (exact) mass is 255 g/mol. The molecule has 1 aliphatic heterocycles. The predicted octanol–water partition coefficient (Wildman–Crippen LogP) is 1.07. The Labute approximate surface area is 111 Å². The van der Waals surface area contributed by atoms with Crippen molar-refractivity contribution in [3.05, 3.63) is 0 Å². The minimum atomic E-state index is 0.132. The zero-order valence-corrected chi connectivity index (χ0v) is 12.3. The summed E-state index contributed by atoms with van der Waals surface area (Å²) in [5.41, 5.74) is 5.70. The molecule has 106 valence electrons. The molecular formula is C14H29N3O. The van der Waals surface area contributed by atoms with Gasteiger partial charge in [0.1, 0.15) is 0 Å². The molecule has 18 heavy (non-hydrogen) atoms. The molecule has 4 nitrogen and oxygen atoms in total. The van der Waals surface area contributed by atoms with E-state index >= 15 is 0 Å². The molecule has 0 saturated carbocycles. The van der Waals surface area contributed by atoms with Crippen LogP contribution in [0.1, 0.15) is 33.6 Å². The summed E-state index contributed by atoms with van der Waals surface area (Å²) >= 11 is 0. The fourth-order valence-electron chi connectivity index (χ4n) is 2.52. The predicted molar refractivity (Wildman–Crippen MR) is 75.2 cm³/mol. The number of nitrogens with two attached hydrogens (primary N) is 1. The standard InChI is InChI=1S/C14H29N3O/c1-11(8-15)7-13(18)16-10-14(2,3)12-5-6-17(4)9-12/h11-12H,5-10,15H2,1-4H3,(H,16,18). The van der Waals surface area contributed by atoms with Crippen LogP contribution in [0.3, 0.4) is 0 Å². The van der Waals surface area contributed by atoms with Gasteiger partial charge in [-0.1, -0.05) is 20.8 Å². The van der Waals surface area contributed by atoms with Crippen molar-refractivity contribution < 1.29 is 4.79 Å². The van der Waals surface area contributed by atoms with Crippen LogP contribution in [0.15, 0.2) is 0 Å². The van der Waals surface area contributed by atoms with E-state index in [1.165, 1.54) is 13.0 Å². The summed E-state index contributed by atoms with van der Waals surface area (Å²) in [6.07, 6.45) is 1.77. The summed E-state index contributed by atoms with van der Waals surface area (Å²) in [4.78, 5) is 14.1. The molecule has 4 heteroatoms. The largest absolute Gasteiger partial charge is 0.356 e. The molecule has 1 amide bonds. The number of carbonyl (C=O) groups is 1. The van der Waals surface area contributed by atoms with Gasteiger partial charge in [0.05, 0.1) is 0 Å². The van der Waals surface area contributed by atoms with Crippen LogP contribution in [0.2, 0.25) is 0 Å². The third-order valence-electron chi connectivity index (χ3n) is 4.17. The number of nitrogens with zero attached hydrogens (tertiary/aromatic N) is 1. The fourth-order valence-corrected chi connectivity index (χ4v) is 2.52. The Bertz CT molecular complexity index is 278. The van der Waals surface area contributed by atoms with Crippen LogP contribution in [0.5, 0.6) is 0 Å². The molecule has 2 atom stereocenters. The van der Waals surface area contributed by atoms with Crippen molar-refractivity contribution >= 4 is 5.91 Å². The summed E-state index contributed by atoms with van der Waals surface area (Å²) in [6, 6.07) is 0. The van der Waals surface area contributed by atoms with Crippen molar-refractivity contribution in [1.29, 1.82) is 0 Å². The Hall–Kier alpha value is -0.610. The molecule has 0 aromatic rings. The van der Waals surface area contributed by atoms with Gasteiger partial charge in [0.2, 0.25) is 5.91 Å². The smallest absolute Gasteiger partial charge is 0.220 e. The zero-order valence-electron chi connectivity index (χ0n) is 12.3. The SMILES string of the molecule is CC(CN)CC(=O)NCC(C)(C)C1CCN(C)C1. The van der Waals surface area contributed by atoms with Gasteiger partial charge in [-0.15, -0.1) is 0 Å². The van der Waals surface area contributed by atoms with Crippen LogP contribution in [-0.4, -0.2) is 44.0 Å². The third-order valence-corrected chi connectivity index (χ3v) is 4.17. The van der Waals surface area contributed by atoms with E-state index in [2.05, 4.69) is 31.1 Å². The Morgan fingerprint density at radius 1 is 1.56 bits per heavy atom. The molecule has 0 aromatic carbocycles. The number of hydrogen-bond acceptors (Lipinski definition) is 3. The van der Waals surface area contributed by atoms with Gasteiger partial charge >= 0.3 is 0 Å². The lowest BCUT2D eigenvalue weighted by molar-refractivity contribution is -0.122. The minimum Gasteiger partial charge on any atom is -0.356 e. The molecular weight excluding hydrogens is 226 g/mol. The van der Waals surface area contributed by atoms with E-state index in [-0.39, 0.29) is 17.2 Å². The summed E-state index contributed by atoms with van der Waals surface area (Å²) in [5.74, 6) is 1.08. The van der Waals surface area contributed by atoms with Crippen molar-refractivity contribution in [3.8, 4) is 0 Å². The first-order chi connectivity index (χ1) is 8.35. The van der Waals surface area contributed by atoms with Crippen molar-refractivity contribution in [2.75, 3.05) is 33.2 Å². The molecule has 1 rings (SSSR count). The van der Waals surface area contributed by atoms with Gasteiger partial charge < -0.3 is 16.0 Å². The Morgan fingerprint density at radius 3 is 2.72 bits per heavy atom. The molecule has 3 N–H and O–H groups in total. The van der Waals surface area contributed by atoms with Gasteiger partial charge in [-0.25, -0.2) is 0 Å². The maximum atomic E-state index is 11.8. The highest BCUT2D eigenvalue weighted by molar-refractivity contribution is 5.76. The lowest BCUT2D eigenvalue weighted by Crippen LogP contribution is -2.40. The second-order valence-corrected chi connectivity index (χ2v) is 6.56. The maximum absolute atomic E-state index is 11.8. The quantitative estimate of drug-likeness (QED) is 0.746. The van der Waals surface area contributed by atoms with E-state index < -0.39 is 0 Å². The highest BCUT2D eigenvalue weighted by Crippen LogP contribution is 2.33. The van der Waals surface area contributed by atoms with Gasteiger partial charge in [0.25, 0.3) is 0 Å². The molecule has 2 unspecified atom stereocenters. The van der Waals surface area contributed by atoms with Crippen LogP contribution in [-0.2, 0) is 4.79 Å². The third kappa shape index (κ3) is 4.58. The van der Waals surface area contributed by atoms with E-state index in [1.807, 2.05) is 6.92 Å². The highest BCUT2D eigenvalue weighted by Gasteiger charge is 2.34. The normalized spacial score (nSPS) is 23.1. The molecule has 1 fully saturated rings. The average molecular weight is 255 g/mol. The number of nitrogens with one attached hydrogen (secondary N) is 1. The lowest BCUT2D eigenvalue weighted by Gasteiger charge is -2.32. The molecule has 1 aliphatic rings. The van der Waals surface area contributed by atoms with Gasteiger partial charge in [-0.05, 0) is 43.8 Å². The molecule has 0 radical (unpaired) electrons. The van der Waals surface area contributed by atoms with E-state index in [0.717, 1.165) is 13.1 Å². The summed E-state index contributed by atoms with van der Waals surface area (Å²) in [7, 11) is 2.16. The number of amides is 1. The first-order valence-electron chi connectivity index (χ1n) is 7.00. The van der Waals surface area contributed by atoms with Crippen LogP contribution >= 0.6 is 0 Å². The van der Waals surface area contributed by atoms with Crippen molar-refractivity contribution in [3.63, 3.8) is 0 Å². The number of rotatable bonds is 6. The first-order valence-corrected chi connectivity index (χ1v) is 7.00. The molecule has 0 spiro atoms. The molecule has 0 aromatic heterocycles. The van der Waals surface area contributed by atoms with Crippen molar-refractivity contribution in [2.45, 2.75) is 33.6 Å². The van der Waals surface area contributed by atoms with Crippen LogP contribution in [0, 0.1) is 17.3 Å². The van der Waals surface area contributed by atoms with Crippen LogP contribution in [0.4, 0.5) is 0 Å². The van der Waals surface area contributed by atoms with Gasteiger partial charge in [0, 0.05) is 19.5 Å². The summed E-state index contributed by atoms with van der Waals surface area (Å²) < 4.78 is 0. The topological polar surface area (TPSA) is 58.4 Å². The second-order valence-electron chi connectivity index (χ2n) is 6.56. The average Bonchev–Trinajstić information content (AvgIpc) is 2.74. The second kappa shape index (κ2) is 6.53. The maximum Gasteiger partial charge on any atom is 0.220 e. The number of hydrogen-bond donors (Lipinski definition) is 2. The van der Waals surface area contributed by atoms with Gasteiger partial charge in [-0.3, -0.25) is 4.79 Å². The highest BCUT2D eigenvalue weighted by atomic mass is 16.1. The number of carbonyl (C=O) groups excluding carboxylic acids is 1. The molecule has 0 aliphatic carbocycles. The molecule has 1 saturated heterocycles. The fraction of sp³-hybridized carbons (Fsp3) is 0.929. The Balaban J connectivity index is 2.34. The number of likely N-dealkylation sites (tertiary alicyclic amines) is 1. The lowest BCUT2D eigenvalue weighted by atomic mass is 9.78. The minimum absolute atomic E-state index is 0.132. The van der Waals surface area contributed by atoms with Crippen molar-refractivity contribution in [1.82, 2.24) is 10.2 Å². The Morgan fingerprint density at radius 2 is 2.22 bits per heavy atom. The van der Waals surface area contributed by atoms with Crippen molar-refractivity contribution in [2.24, 2.45) is 23.0 Å². The van der Waals surface area contributed by atoms with Gasteiger partial charge in [0.15, 0.2) is 0 Å². The summed E-state index contributed by atoms with van der Waals surface area (Å²) in [5, 5.41) is 3.07. The van der Waals surface area contributed by atoms with Crippen LogP contribution in [0.25, 0.3) is 0 Å². The summed E-state index contributed by atoms with van der Waals surface area (Å²) in [6.45, 7) is 10.2. The van der Waals surface area contributed by atoms with E-state index in [9.17, 15) is 4.79 Å². The molecule has 1 heterocycles.